The molecule has 0 amide bonds. The van der Waals surface area contributed by atoms with Crippen LogP contribution in [0, 0.1) is 22.8 Å². The van der Waals surface area contributed by atoms with Gasteiger partial charge in [0.2, 0.25) is 5.96 Å². The Kier molecular flexibility index (Phi) is 5.25. The van der Waals surface area contributed by atoms with Crippen LogP contribution >= 0.6 is 15.9 Å². The van der Waals surface area contributed by atoms with E-state index in [0.717, 1.165) is 10.0 Å². The first-order valence-corrected chi connectivity index (χ1v) is 9.10. The summed E-state index contributed by atoms with van der Waals surface area (Å²) in [4.78, 5) is 8.79. The minimum Gasteiger partial charge on any atom is -0.491 e. The zero-order chi connectivity index (χ0) is 20.4. The predicted octanol–water partition coefficient (Wildman–Crippen LogP) is 2.61. The highest BCUT2D eigenvalue weighted by Crippen LogP contribution is 2.43. The van der Waals surface area contributed by atoms with Gasteiger partial charge in [0.25, 0.3) is 0 Å². The molecule has 1 unspecified atom stereocenters. The van der Waals surface area contributed by atoms with Crippen molar-refractivity contribution in [3.63, 3.8) is 0 Å². The van der Waals surface area contributed by atoms with Crippen LogP contribution in [-0.2, 0) is 0 Å². The van der Waals surface area contributed by atoms with E-state index >= 15 is 0 Å². The van der Waals surface area contributed by atoms with Crippen LogP contribution in [0.3, 0.4) is 0 Å². The van der Waals surface area contributed by atoms with Crippen molar-refractivity contribution in [1.29, 1.82) is 10.5 Å². The number of benzene rings is 1. The normalized spacial score (nSPS) is 14.9. The minimum absolute atomic E-state index is 0.000773. The van der Waals surface area contributed by atoms with Crippen LogP contribution in [0.5, 0.6) is 5.75 Å². The molecule has 0 fully saturated rings. The standard InChI is InChI=1S/C18H17BrN8O/c1-8(2)28-9-3-4-12(19)10(5-9)15-13-14(22)11(6-20)16(23)26-17(13)27-18(25-15)24-7-21/h3-5,8,15H,1-2H3,(H6,22,23,24,25,26,27). The number of pyridine rings is 1. The Balaban J connectivity index is 2.23. The van der Waals surface area contributed by atoms with Crippen LogP contribution in [-0.4, -0.2) is 17.0 Å². The van der Waals surface area contributed by atoms with Gasteiger partial charge in [0, 0.05) is 10.0 Å². The number of aliphatic imine (C=N–C) groups is 1. The maximum absolute atomic E-state index is 9.40. The lowest BCUT2D eigenvalue weighted by atomic mass is 9.95. The van der Waals surface area contributed by atoms with E-state index in [1.54, 1.807) is 0 Å². The number of halogens is 1. The monoisotopic (exact) mass is 440 g/mol. The average molecular weight is 441 g/mol. The lowest BCUT2D eigenvalue weighted by Crippen LogP contribution is -2.32. The molecule has 10 heteroatoms. The van der Waals surface area contributed by atoms with Gasteiger partial charge in [-0.25, -0.2) is 9.98 Å². The van der Waals surface area contributed by atoms with Crippen LogP contribution in [0.4, 0.5) is 17.3 Å². The third-order valence-corrected chi connectivity index (χ3v) is 4.71. The molecule has 142 valence electrons. The smallest absolute Gasteiger partial charge is 0.211 e. The molecule has 1 aromatic heterocycles. The first-order valence-electron chi connectivity index (χ1n) is 8.30. The van der Waals surface area contributed by atoms with E-state index in [0.29, 0.717) is 17.1 Å². The van der Waals surface area contributed by atoms with E-state index in [1.807, 2.05) is 44.3 Å². The molecular formula is C18H17BrN8O. The number of hydrogen-bond acceptors (Lipinski definition) is 9. The zero-order valence-electron chi connectivity index (χ0n) is 15.1. The molecule has 1 aliphatic heterocycles. The molecule has 1 aromatic carbocycles. The second kappa shape index (κ2) is 7.62. The largest absolute Gasteiger partial charge is 0.491 e. The number of anilines is 3. The fourth-order valence-electron chi connectivity index (χ4n) is 2.88. The fourth-order valence-corrected chi connectivity index (χ4v) is 3.35. The van der Waals surface area contributed by atoms with Gasteiger partial charge in [-0.05, 0) is 37.6 Å². The second-order valence-electron chi connectivity index (χ2n) is 6.25. The molecule has 2 aromatic rings. The van der Waals surface area contributed by atoms with Crippen molar-refractivity contribution >= 4 is 39.2 Å². The van der Waals surface area contributed by atoms with Gasteiger partial charge in [-0.3, -0.25) is 5.32 Å². The summed E-state index contributed by atoms with van der Waals surface area (Å²) in [7, 11) is 0. The molecule has 0 aliphatic carbocycles. The van der Waals surface area contributed by atoms with Crippen molar-refractivity contribution in [1.82, 2.24) is 10.3 Å². The zero-order valence-corrected chi connectivity index (χ0v) is 16.7. The van der Waals surface area contributed by atoms with Gasteiger partial charge in [-0.1, -0.05) is 15.9 Å². The third kappa shape index (κ3) is 3.50. The number of guanidine groups is 1. The molecule has 0 spiro atoms. The van der Waals surface area contributed by atoms with E-state index in [-0.39, 0.29) is 29.1 Å². The topological polar surface area (TPSA) is 158 Å². The van der Waals surface area contributed by atoms with Crippen LogP contribution in [0.1, 0.15) is 36.6 Å². The molecule has 9 nitrogen and oxygen atoms in total. The molecule has 0 bridgehead atoms. The van der Waals surface area contributed by atoms with Crippen molar-refractivity contribution in [2.75, 3.05) is 16.8 Å². The van der Waals surface area contributed by atoms with Crippen LogP contribution in [0.15, 0.2) is 27.7 Å². The molecule has 28 heavy (non-hydrogen) atoms. The highest BCUT2D eigenvalue weighted by molar-refractivity contribution is 9.10. The second-order valence-corrected chi connectivity index (χ2v) is 7.11. The van der Waals surface area contributed by atoms with Crippen LogP contribution in [0.2, 0.25) is 0 Å². The number of nitriles is 2. The van der Waals surface area contributed by atoms with Gasteiger partial charge in [0.05, 0.1) is 11.8 Å². The minimum atomic E-state index is -0.641. The summed E-state index contributed by atoms with van der Waals surface area (Å²) in [6, 6.07) is 6.85. The molecule has 6 N–H and O–H groups in total. The Labute approximate surface area is 170 Å². The number of rotatable bonds is 3. The Morgan fingerprint density at radius 1 is 1.32 bits per heavy atom. The maximum atomic E-state index is 9.40. The van der Waals surface area contributed by atoms with Crippen molar-refractivity contribution in [3.05, 3.63) is 39.4 Å². The van der Waals surface area contributed by atoms with Gasteiger partial charge in [0.1, 0.15) is 35.1 Å². The fraction of sp³-hybridized carbons (Fsp3) is 0.222. The lowest BCUT2D eigenvalue weighted by molar-refractivity contribution is 0.242. The summed E-state index contributed by atoms with van der Waals surface area (Å²) in [6.07, 6.45) is 1.81. The van der Waals surface area contributed by atoms with E-state index in [2.05, 4.69) is 36.5 Å². The highest BCUT2D eigenvalue weighted by atomic mass is 79.9. The number of nitrogens with two attached hydrogens (primary N) is 2. The molecule has 0 saturated carbocycles. The van der Waals surface area contributed by atoms with Gasteiger partial charge in [-0.2, -0.15) is 10.5 Å². The van der Waals surface area contributed by atoms with E-state index < -0.39 is 6.04 Å². The quantitative estimate of drug-likeness (QED) is 0.418. The SMILES string of the molecule is CC(C)Oc1ccc(Br)c(C2N=C(NC#N)Nc3nc(N)c(C#N)c(N)c32)c1. The number of aromatic nitrogens is 1. The Bertz CT molecular complexity index is 1050. The Morgan fingerprint density at radius 2 is 2.07 bits per heavy atom. The summed E-state index contributed by atoms with van der Waals surface area (Å²) in [5, 5.41) is 23.7. The van der Waals surface area contributed by atoms with Gasteiger partial charge < -0.3 is 21.5 Å². The van der Waals surface area contributed by atoms with Crippen molar-refractivity contribution in [3.8, 4) is 18.0 Å². The number of nitrogen functional groups attached to an aromatic ring is 2. The van der Waals surface area contributed by atoms with Gasteiger partial charge in [-0.15, -0.1) is 0 Å². The summed E-state index contributed by atoms with van der Waals surface area (Å²) in [6.45, 7) is 3.86. The van der Waals surface area contributed by atoms with Gasteiger partial charge >= 0.3 is 0 Å². The molecule has 0 radical (unpaired) electrons. The van der Waals surface area contributed by atoms with Crippen molar-refractivity contribution in [2.24, 2.45) is 4.99 Å². The Hall–Kier alpha value is -3.50. The molecule has 1 aliphatic rings. The van der Waals surface area contributed by atoms with E-state index in [9.17, 15) is 5.26 Å². The number of fused-ring (bicyclic) bond motifs is 1. The average Bonchev–Trinajstić information content (AvgIpc) is 2.62. The number of nitrogens with one attached hydrogen (secondary N) is 2. The third-order valence-electron chi connectivity index (χ3n) is 3.99. The predicted molar refractivity (Wildman–Crippen MR) is 109 cm³/mol. The van der Waals surface area contributed by atoms with E-state index in [1.165, 1.54) is 0 Å². The highest BCUT2D eigenvalue weighted by Gasteiger charge is 2.31. The van der Waals surface area contributed by atoms with E-state index in [4.69, 9.17) is 21.5 Å². The summed E-state index contributed by atoms with van der Waals surface area (Å²) in [5.41, 5.74) is 13.6. The molecule has 1 atom stereocenters. The molecule has 0 saturated heterocycles. The van der Waals surface area contributed by atoms with Crippen LogP contribution in [0.25, 0.3) is 0 Å². The van der Waals surface area contributed by atoms with Crippen molar-refractivity contribution in [2.45, 2.75) is 26.0 Å². The summed E-state index contributed by atoms with van der Waals surface area (Å²) >= 11 is 3.54. The molecule has 3 rings (SSSR count). The maximum Gasteiger partial charge on any atom is 0.211 e. The van der Waals surface area contributed by atoms with Crippen molar-refractivity contribution < 1.29 is 4.74 Å². The number of ether oxygens (including phenoxy) is 1. The number of hydrogen-bond donors (Lipinski definition) is 4. The lowest BCUT2D eigenvalue weighted by Gasteiger charge is -2.27. The van der Waals surface area contributed by atoms with Gasteiger partial charge in [0.15, 0.2) is 6.19 Å². The summed E-state index contributed by atoms with van der Waals surface area (Å²) in [5.74, 6) is 1.17. The molecule has 2 heterocycles. The first-order chi connectivity index (χ1) is 13.3. The molecular weight excluding hydrogens is 424 g/mol. The summed E-state index contributed by atoms with van der Waals surface area (Å²) < 4.78 is 6.55. The first kappa shape index (κ1) is 19.3. The number of nitrogens with zero attached hydrogens (tertiary/aromatic N) is 4. The Morgan fingerprint density at radius 3 is 2.71 bits per heavy atom. The van der Waals surface area contributed by atoms with Crippen LogP contribution < -0.4 is 26.8 Å².